The number of carbonyl (C=O) groups excluding carboxylic acids is 1. The van der Waals surface area contributed by atoms with E-state index >= 15 is 0 Å². The Balaban J connectivity index is 1.53. The minimum Gasteiger partial charge on any atom is -0.373 e. The van der Waals surface area contributed by atoms with Gasteiger partial charge in [0, 0.05) is 5.56 Å². The van der Waals surface area contributed by atoms with Crippen molar-refractivity contribution >= 4 is 5.78 Å². The van der Waals surface area contributed by atoms with Crippen molar-refractivity contribution in [2.45, 2.75) is 19.1 Å². The number of benzene rings is 2. The van der Waals surface area contributed by atoms with E-state index in [4.69, 9.17) is 4.74 Å². The van der Waals surface area contributed by atoms with Crippen LogP contribution in [0.3, 0.4) is 0 Å². The van der Waals surface area contributed by atoms with Gasteiger partial charge >= 0.3 is 0 Å². The van der Waals surface area contributed by atoms with Gasteiger partial charge in [-0.05, 0) is 12.0 Å². The van der Waals surface area contributed by atoms with Gasteiger partial charge in [0.15, 0.2) is 5.78 Å². The number of carbonyl (C=O) groups is 1. The number of hydrogen-bond acceptors (Lipinski definition) is 2. The Morgan fingerprint density at radius 3 is 2.32 bits per heavy atom. The lowest BCUT2D eigenvalue weighted by molar-refractivity contribution is 0.0792. The molecule has 0 unspecified atom stereocenters. The summed E-state index contributed by atoms with van der Waals surface area (Å²) in [7, 11) is 0. The summed E-state index contributed by atoms with van der Waals surface area (Å²) in [4.78, 5) is 12.1. The molecule has 2 heteroatoms. The first-order valence-electron chi connectivity index (χ1n) is 6.59. The van der Waals surface area contributed by atoms with E-state index in [9.17, 15) is 4.79 Å². The zero-order valence-corrected chi connectivity index (χ0v) is 10.7. The van der Waals surface area contributed by atoms with Gasteiger partial charge in [-0.3, -0.25) is 4.79 Å². The van der Waals surface area contributed by atoms with E-state index in [-0.39, 0.29) is 17.8 Å². The zero-order valence-electron chi connectivity index (χ0n) is 10.7. The first-order chi connectivity index (χ1) is 9.34. The third kappa shape index (κ3) is 2.91. The SMILES string of the molecule is O=C(c1ccccc1)[C@@H]1C[C@H]1OCc1ccccc1. The number of ketones is 1. The highest BCUT2D eigenvalue weighted by atomic mass is 16.5. The molecule has 0 aliphatic heterocycles. The maximum atomic E-state index is 12.1. The maximum Gasteiger partial charge on any atom is 0.168 e. The highest BCUT2D eigenvalue weighted by molar-refractivity contribution is 5.99. The molecular weight excluding hydrogens is 236 g/mol. The predicted octanol–water partition coefficient (Wildman–Crippen LogP) is 3.47. The Morgan fingerprint density at radius 2 is 1.63 bits per heavy atom. The molecular formula is C17H16O2. The number of rotatable bonds is 5. The standard InChI is InChI=1S/C17H16O2/c18-17(14-9-5-2-6-10-14)15-11-16(15)19-12-13-7-3-1-4-8-13/h1-10,15-16H,11-12H2/t15-,16-/m1/s1. The maximum absolute atomic E-state index is 12.1. The molecule has 0 spiro atoms. The predicted molar refractivity (Wildman–Crippen MR) is 73.9 cm³/mol. The third-order valence-corrected chi connectivity index (χ3v) is 3.43. The van der Waals surface area contributed by atoms with Gasteiger partial charge < -0.3 is 4.74 Å². The number of ether oxygens (including phenoxy) is 1. The summed E-state index contributed by atoms with van der Waals surface area (Å²) in [6.45, 7) is 0.587. The molecule has 0 bridgehead atoms. The monoisotopic (exact) mass is 252 g/mol. The van der Waals surface area contributed by atoms with Crippen LogP contribution in [0, 0.1) is 5.92 Å². The fourth-order valence-corrected chi connectivity index (χ4v) is 2.23. The summed E-state index contributed by atoms with van der Waals surface area (Å²) in [6, 6.07) is 19.5. The van der Waals surface area contributed by atoms with Crippen LogP contribution < -0.4 is 0 Å². The van der Waals surface area contributed by atoms with Crippen LogP contribution in [0.15, 0.2) is 60.7 Å². The molecule has 0 saturated heterocycles. The molecule has 0 amide bonds. The molecule has 1 aliphatic rings. The fourth-order valence-electron chi connectivity index (χ4n) is 2.23. The Bertz CT molecular complexity index is 548. The molecule has 0 radical (unpaired) electrons. The summed E-state index contributed by atoms with van der Waals surface area (Å²) in [6.07, 6.45) is 0.938. The van der Waals surface area contributed by atoms with Gasteiger partial charge in [-0.25, -0.2) is 0 Å². The van der Waals surface area contributed by atoms with Crippen molar-refractivity contribution in [1.29, 1.82) is 0 Å². The van der Waals surface area contributed by atoms with Crippen LogP contribution >= 0.6 is 0 Å². The topological polar surface area (TPSA) is 26.3 Å². The summed E-state index contributed by atoms with van der Waals surface area (Å²) in [5, 5.41) is 0. The van der Waals surface area contributed by atoms with E-state index in [1.165, 1.54) is 0 Å². The zero-order chi connectivity index (χ0) is 13.1. The number of Topliss-reactive ketones (excluding diaryl/α,β-unsaturated/α-hetero) is 1. The minimum atomic E-state index is 0.0473. The van der Waals surface area contributed by atoms with Gasteiger partial charge in [0.05, 0.1) is 18.6 Å². The first-order valence-corrected chi connectivity index (χ1v) is 6.59. The number of hydrogen-bond donors (Lipinski definition) is 0. The molecule has 2 aromatic rings. The van der Waals surface area contributed by atoms with Crippen molar-refractivity contribution in [3.8, 4) is 0 Å². The molecule has 19 heavy (non-hydrogen) atoms. The Kier molecular flexibility index (Phi) is 3.43. The van der Waals surface area contributed by atoms with E-state index in [1.807, 2.05) is 60.7 Å². The van der Waals surface area contributed by atoms with Gasteiger partial charge in [0.25, 0.3) is 0 Å². The summed E-state index contributed by atoms with van der Waals surface area (Å²) in [5.41, 5.74) is 1.94. The van der Waals surface area contributed by atoms with Gasteiger partial charge in [0.2, 0.25) is 0 Å². The van der Waals surface area contributed by atoms with Gasteiger partial charge in [-0.2, -0.15) is 0 Å². The molecule has 3 rings (SSSR count). The van der Waals surface area contributed by atoms with Gasteiger partial charge in [0.1, 0.15) is 0 Å². The summed E-state index contributed by atoms with van der Waals surface area (Å²) in [5.74, 6) is 0.254. The van der Waals surface area contributed by atoms with E-state index in [0.717, 1.165) is 17.5 Å². The van der Waals surface area contributed by atoms with Crippen LogP contribution in [-0.2, 0) is 11.3 Å². The van der Waals surface area contributed by atoms with Crippen molar-refractivity contribution in [3.05, 3.63) is 71.8 Å². The van der Waals surface area contributed by atoms with E-state index in [0.29, 0.717) is 6.61 Å². The van der Waals surface area contributed by atoms with Crippen LogP contribution in [0.25, 0.3) is 0 Å². The molecule has 0 heterocycles. The van der Waals surface area contributed by atoms with E-state index in [1.54, 1.807) is 0 Å². The van der Waals surface area contributed by atoms with Crippen molar-refractivity contribution in [3.63, 3.8) is 0 Å². The fraction of sp³-hybridized carbons (Fsp3) is 0.235. The Labute approximate surface area is 113 Å². The van der Waals surface area contributed by atoms with Crippen LogP contribution in [0.1, 0.15) is 22.3 Å². The Hall–Kier alpha value is -1.93. The average Bonchev–Trinajstić information content (AvgIpc) is 3.26. The summed E-state index contributed by atoms with van der Waals surface area (Å²) >= 11 is 0. The lowest BCUT2D eigenvalue weighted by atomic mass is 10.1. The molecule has 96 valence electrons. The van der Waals surface area contributed by atoms with Crippen molar-refractivity contribution in [1.82, 2.24) is 0 Å². The van der Waals surface area contributed by atoms with Crippen LogP contribution in [-0.4, -0.2) is 11.9 Å². The molecule has 2 aromatic carbocycles. The second-order valence-electron chi connectivity index (χ2n) is 4.91. The van der Waals surface area contributed by atoms with Crippen LogP contribution in [0.5, 0.6) is 0 Å². The second kappa shape index (κ2) is 5.37. The van der Waals surface area contributed by atoms with Crippen molar-refractivity contribution in [2.24, 2.45) is 5.92 Å². The molecule has 2 atom stereocenters. The molecule has 0 N–H and O–H groups in total. The van der Waals surface area contributed by atoms with Gasteiger partial charge in [-0.1, -0.05) is 60.7 Å². The van der Waals surface area contributed by atoms with E-state index < -0.39 is 0 Å². The molecule has 1 fully saturated rings. The van der Waals surface area contributed by atoms with E-state index in [2.05, 4.69) is 0 Å². The lowest BCUT2D eigenvalue weighted by Crippen LogP contribution is -2.07. The molecule has 1 saturated carbocycles. The normalized spacial score (nSPS) is 21.1. The summed E-state index contributed by atoms with van der Waals surface area (Å²) < 4.78 is 5.77. The van der Waals surface area contributed by atoms with Crippen LogP contribution in [0.4, 0.5) is 0 Å². The quantitative estimate of drug-likeness (QED) is 0.762. The van der Waals surface area contributed by atoms with Crippen LogP contribution in [0.2, 0.25) is 0 Å². The molecule has 0 aromatic heterocycles. The van der Waals surface area contributed by atoms with Gasteiger partial charge in [-0.15, -0.1) is 0 Å². The smallest absolute Gasteiger partial charge is 0.168 e. The minimum absolute atomic E-state index is 0.0473. The lowest BCUT2D eigenvalue weighted by Gasteiger charge is -2.03. The largest absolute Gasteiger partial charge is 0.373 e. The van der Waals surface area contributed by atoms with Crippen molar-refractivity contribution in [2.75, 3.05) is 0 Å². The average molecular weight is 252 g/mol. The highest BCUT2D eigenvalue weighted by Gasteiger charge is 2.44. The second-order valence-corrected chi connectivity index (χ2v) is 4.91. The molecule has 1 aliphatic carbocycles. The van der Waals surface area contributed by atoms with Crippen molar-refractivity contribution < 1.29 is 9.53 Å². The first kappa shape index (κ1) is 12.1. The Morgan fingerprint density at radius 1 is 1.00 bits per heavy atom. The highest BCUT2D eigenvalue weighted by Crippen LogP contribution is 2.37. The molecule has 2 nitrogen and oxygen atoms in total. The third-order valence-electron chi connectivity index (χ3n) is 3.43.